The molecule has 0 N–H and O–H groups in total. The Kier molecular flexibility index (Phi) is 4.74. The SMILES string of the molecule is CN1CCc2cc(Cl)c([N+](=O)[O-])cc2CC1.Cl. The number of hydrogen-bond acceptors (Lipinski definition) is 3. The molecule has 1 aliphatic rings. The molecule has 0 atom stereocenters. The van der Waals surface area contributed by atoms with E-state index in [-0.39, 0.29) is 23.1 Å². The number of nitro groups is 1. The minimum atomic E-state index is -0.419. The maximum absolute atomic E-state index is 10.8. The third-order valence-electron chi connectivity index (χ3n) is 2.99. The summed E-state index contributed by atoms with van der Waals surface area (Å²) in [5, 5.41) is 11.0. The number of nitrogens with zero attached hydrogens (tertiary/aromatic N) is 2. The van der Waals surface area contributed by atoms with Gasteiger partial charge in [0.1, 0.15) is 5.02 Å². The third kappa shape index (κ3) is 3.09. The van der Waals surface area contributed by atoms with Gasteiger partial charge in [-0.3, -0.25) is 10.1 Å². The van der Waals surface area contributed by atoms with Gasteiger partial charge in [0.05, 0.1) is 4.92 Å². The van der Waals surface area contributed by atoms with Gasteiger partial charge in [-0.15, -0.1) is 12.4 Å². The Labute approximate surface area is 111 Å². The van der Waals surface area contributed by atoms with Gasteiger partial charge >= 0.3 is 0 Å². The van der Waals surface area contributed by atoms with Crippen molar-refractivity contribution in [3.05, 3.63) is 38.4 Å². The van der Waals surface area contributed by atoms with Crippen molar-refractivity contribution in [2.75, 3.05) is 20.1 Å². The second-order valence-corrected chi connectivity index (χ2v) is 4.54. The first-order valence-corrected chi connectivity index (χ1v) is 5.60. The van der Waals surface area contributed by atoms with Crippen LogP contribution in [0.15, 0.2) is 12.1 Å². The summed E-state index contributed by atoms with van der Waals surface area (Å²) in [6.07, 6.45) is 1.76. The molecular weight excluding hydrogens is 263 g/mol. The van der Waals surface area contributed by atoms with Gasteiger partial charge < -0.3 is 4.90 Å². The van der Waals surface area contributed by atoms with E-state index in [9.17, 15) is 10.1 Å². The zero-order chi connectivity index (χ0) is 11.7. The first-order valence-electron chi connectivity index (χ1n) is 5.22. The first kappa shape index (κ1) is 14.2. The van der Waals surface area contributed by atoms with Gasteiger partial charge in [-0.2, -0.15) is 0 Å². The summed E-state index contributed by atoms with van der Waals surface area (Å²) in [7, 11) is 2.06. The Balaban J connectivity index is 0.00000144. The van der Waals surface area contributed by atoms with Crippen LogP contribution >= 0.6 is 24.0 Å². The number of benzene rings is 1. The van der Waals surface area contributed by atoms with Crippen LogP contribution in [0, 0.1) is 10.1 Å². The lowest BCUT2D eigenvalue weighted by atomic mass is 10.0. The van der Waals surface area contributed by atoms with E-state index in [0.29, 0.717) is 0 Å². The maximum atomic E-state index is 10.8. The lowest BCUT2D eigenvalue weighted by Gasteiger charge is -2.10. The smallest absolute Gasteiger partial charge is 0.288 e. The molecule has 0 saturated carbocycles. The fourth-order valence-electron chi connectivity index (χ4n) is 1.99. The Morgan fingerprint density at radius 3 is 2.35 bits per heavy atom. The van der Waals surface area contributed by atoms with Gasteiger partial charge in [-0.05, 0) is 37.1 Å². The molecule has 94 valence electrons. The number of fused-ring (bicyclic) bond motifs is 1. The van der Waals surface area contributed by atoms with Gasteiger partial charge in [-0.25, -0.2) is 0 Å². The van der Waals surface area contributed by atoms with Crippen molar-refractivity contribution in [3.8, 4) is 0 Å². The van der Waals surface area contributed by atoms with Crippen LogP contribution in [0.3, 0.4) is 0 Å². The first-order chi connectivity index (χ1) is 7.58. The monoisotopic (exact) mass is 276 g/mol. The van der Waals surface area contributed by atoms with Gasteiger partial charge in [0.15, 0.2) is 0 Å². The zero-order valence-corrected chi connectivity index (χ0v) is 11.1. The van der Waals surface area contributed by atoms with Crippen molar-refractivity contribution < 1.29 is 4.92 Å². The van der Waals surface area contributed by atoms with Crippen LogP contribution in [0.4, 0.5) is 5.69 Å². The second kappa shape index (κ2) is 5.67. The molecule has 0 aromatic heterocycles. The largest absolute Gasteiger partial charge is 0.306 e. The highest BCUT2D eigenvalue weighted by Crippen LogP contribution is 2.29. The van der Waals surface area contributed by atoms with Crippen LogP contribution in [0.25, 0.3) is 0 Å². The molecule has 1 heterocycles. The average molecular weight is 277 g/mol. The van der Waals surface area contributed by atoms with Gasteiger partial charge in [0.25, 0.3) is 5.69 Å². The molecule has 17 heavy (non-hydrogen) atoms. The summed E-state index contributed by atoms with van der Waals surface area (Å²) in [5.41, 5.74) is 2.21. The van der Waals surface area contributed by atoms with E-state index in [0.717, 1.165) is 37.1 Å². The van der Waals surface area contributed by atoms with Gasteiger partial charge in [0, 0.05) is 19.2 Å². The third-order valence-corrected chi connectivity index (χ3v) is 3.29. The van der Waals surface area contributed by atoms with E-state index in [1.807, 2.05) is 0 Å². The predicted octanol–water partition coefficient (Wildman–Crippen LogP) is 2.70. The van der Waals surface area contributed by atoms with Crippen LogP contribution in [-0.2, 0) is 12.8 Å². The molecular formula is C11H14Cl2N2O2. The molecule has 6 heteroatoms. The minimum absolute atomic E-state index is 0. The minimum Gasteiger partial charge on any atom is -0.306 e. The van der Waals surface area contributed by atoms with Gasteiger partial charge in [0.2, 0.25) is 0 Å². The van der Waals surface area contributed by atoms with E-state index in [1.165, 1.54) is 0 Å². The Morgan fingerprint density at radius 2 is 1.82 bits per heavy atom. The molecule has 0 radical (unpaired) electrons. The summed E-state index contributed by atoms with van der Waals surface area (Å²) >= 11 is 5.89. The van der Waals surface area contributed by atoms with E-state index in [1.54, 1.807) is 12.1 Å². The van der Waals surface area contributed by atoms with E-state index >= 15 is 0 Å². The highest BCUT2D eigenvalue weighted by Gasteiger charge is 2.18. The molecule has 0 spiro atoms. The van der Waals surface area contributed by atoms with E-state index < -0.39 is 4.92 Å². The van der Waals surface area contributed by atoms with Crippen molar-refractivity contribution in [2.45, 2.75) is 12.8 Å². The van der Waals surface area contributed by atoms with Gasteiger partial charge in [-0.1, -0.05) is 11.6 Å². The van der Waals surface area contributed by atoms with Crippen LogP contribution in [0.1, 0.15) is 11.1 Å². The lowest BCUT2D eigenvalue weighted by Crippen LogP contribution is -2.20. The average Bonchev–Trinajstić information content (AvgIpc) is 2.40. The fourth-order valence-corrected chi connectivity index (χ4v) is 2.24. The predicted molar refractivity (Wildman–Crippen MR) is 70.3 cm³/mol. The maximum Gasteiger partial charge on any atom is 0.288 e. The number of nitro benzene ring substituents is 1. The molecule has 1 aliphatic heterocycles. The Bertz CT molecular complexity index is 438. The lowest BCUT2D eigenvalue weighted by molar-refractivity contribution is -0.384. The molecule has 2 rings (SSSR count). The molecule has 0 fully saturated rings. The van der Waals surface area contributed by atoms with Crippen molar-refractivity contribution in [1.82, 2.24) is 4.90 Å². The molecule has 0 saturated heterocycles. The number of hydrogen-bond donors (Lipinski definition) is 0. The molecule has 1 aromatic rings. The summed E-state index contributed by atoms with van der Waals surface area (Å²) in [6.45, 7) is 1.91. The van der Waals surface area contributed by atoms with Crippen LogP contribution < -0.4 is 0 Å². The van der Waals surface area contributed by atoms with E-state index in [4.69, 9.17) is 11.6 Å². The fraction of sp³-hybridized carbons (Fsp3) is 0.455. The summed E-state index contributed by atoms with van der Waals surface area (Å²) in [4.78, 5) is 12.6. The second-order valence-electron chi connectivity index (χ2n) is 4.13. The molecule has 0 bridgehead atoms. The Hall–Kier alpha value is -0.840. The zero-order valence-electron chi connectivity index (χ0n) is 9.48. The standard InChI is InChI=1S/C11H13ClN2O2.ClH/c1-13-4-2-8-6-10(12)11(14(15)16)7-9(8)3-5-13;/h6-7H,2-5H2,1H3;1H. The summed E-state index contributed by atoms with van der Waals surface area (Å²) in [5.74, 6) is 0. The number of halogens is 2. The highest BCUT2D eigenvalue weighted by molar-refractivity contribution is 6.32. The number of rotatable bonds is 1. The number of likely N-dealkylation sites (N-methyl/N-ethyl adjacent to an activating group) is 1. The van der Waals surface area contributed by atoms with Crippen LogP contribution in [-0.4, -0.2) is 30.0 Å². The Morgan fingerprint density at radius 1 is 1.29 bits per heavy atom. The molecule has 4 nitrogen and oxygen atoms in total. The molecule has 0 amide bonds. The molecule has 1 aromatic carbocycles. The highest BCUT2D eigenvalue weighted by atomic mass is 35.5. The topological polar surface area (TPSA) is 46.4 Å². The van der Waals surface area contributed by atoms with Crippen LogP contribution in [0.5, 0.6) is 0 Å². The van der Waals surface area contributed by atoms with Crippen molar-refractivity contribution >= 4 is 29.7 Å². The van der Waals surface area contributed by atoms with Crippen molar-refractivity contribution in [2.24, 2.45) is 0 Å². The summed E-state index contributed by atoms with van der Waals surface area (Å²) < 4.78 is 0. The van der Waals surface area contributed by atoms with Crippen molar-refractivity contribution in [3.63, 3.8) is 0 Å². The summed E-state index contributed by atoms with van der Waals surface area (Å²) in [6, 6.07) is 3.37. The normalized spacial score (nSPS) is 15.6. The quantitative estimate of drug-likeness (QED) is 0.585. The van der Waals surface area contributed by atoms with Crippen molar-refractivity contribution in [1.29, 1.82) is 0 Å². The van der Waals surface area contributed by atoms with Crippen LogP contribution in [0.2, 0.25) is 5.02 Å². The van der Waals surface area contributed by atoms with E-state index in [2.05, 4.69) is 11.9 Å². The molecule has 0 unspecified atom stereocenters. The molecule has 0 aliphatic carbocycles.